The normalized spacial score (nSPS) is 17.3. The average Bonchev–Trinajstić information content (AvgIpc) is 3.26. The van der Waals surface area contributed by atoms with Crippen LogP contribution in [0.15, 0.2) is 53.1 Å². The van der Waals surface area contributed by atoms with Crippen LogP contribution in [-0.2, 0) is 9.59 Å². The van der Waals surface area contributed by atoms with Gasteiger partial charge >= 0.3 is 5.97 Å². The highest BCUT2D eigenvalue weighted by atomic mass is 16.4. The van der Waals surface area contributed by atoms with Gasteiger partial charge in [0.2, 0.25) is 5.91 Å². The summed E-state index contributed by atoms with van der Waals surface area (Å²) in [6.45, 7) is 0. The quantitative estimate of drug-likeness (QED) is 0.853. The lowest BCUT2D eigenvalue weighted by Gasteiger charge is -2.26. The van der Waals surface area contributed by atoms with E-state index < -0.39 is 11.5 Å². The van der Waals surface area contributed by atoms with Crippen molar-refractivity contribution in [1.29, 1.82) is 0 Å². The number of amides is 1. The number of aliphatic carboxylic acids is 1. The number of furan rings is 1. The van der Waals surface area contributed by atoms with Crippen molar-refractivity contribution in [2.24, 2.45) is 0 Å². The van der Waals surface area contributed by atoms with Crippen molar-refractivity contribution in [1.82, 2.24) is 5.32 Å². The molecule has 0 aliphatic heterocycles. The van der Waals surface area contributed by atoms with Crippen LogP contribution >= 0.6 is 0 Å². The lowest BCUT2D eigenvalue weighted by molar-refractivity contribution is -0.147. The second-order valence-electron chi connectivity index (χ2n) is 6.33. The highest BCUT2D eigenvalue weighted by Crippen LogP contribution is 2.32. The van der Waals surface area contributed by atoms with Crippen LogP contribution in [-0.4, -0.2) is 22.5 Å². The van der Waals surface area contributed by atoms with E-state index >= 15 is 0 Å². The van der Waals surface area contributed by atoms with Gasteiger partial charge in [-0.2, -0.15) is 0 Å². The van der Waals surface area contributed by atoms with E-state index in [4.69, 9.17) is 4.42 Å². The molecule has 1 aromatic heterocycles. The van der Waals surface area contributed by atoms with Crippen molar-refractivity contribution >= 4 is 11.9 Å². The molecular weight excluding hydrogens is 306 g/mol. The number of carboxylic acids is 1. The topological polar surface area (TPSA) is 79.5 Å². The van der Waals surface area contributed by atoms with Crippen molar-refractivity contribution in [2.45, 2.75) is 43.6 Å². The summed E-state index contributed by atoms with van der Waals surface area (Å²) in [5, 5.41) is 12.3. The van der Waals surface area contributed by atoms with Gasteiger partial charge in [0.1, 0.15) is 11.3 Å². The first-order chi connectivity index (χ1) is 11.6. The highest BCUT2D eigenvalue weighted by Gasteiger charge is 2.42. The molecule has 3 rings (SSSR count). The molecule has 1 atom stereocenters. The number of nitrogens with one attached hydrogen (secondary N) is 1. The van der Waals surface area contributed by atoms with Gasteiger partial charge in [-0.15, -0.1) is 0 Å². The molecular formula is C19H21NO4. The summed E-state index contributed by atoms with van der Waals surface area (Å²) >= 11 is 0. The van der Waals surface area contributed by atoms with E-state index in [1.807, 2.05) is 36.4 Å². The molecule has 1 aliphatic rings. The molecule has 1 saturated carbocycles. The Bertz CT molecular complexity index is 687. The number of carboxylic acid groups (broad SMARTS) is 1. The Labute approximate surface area is 140 Å². The molecule has 1 aromatic carbocycles. The van der Waals surface area contributed by atoms with E-state index in [0.717, 1.165) is 18.4 Å². The van der Waals surface area contributed by atoms with Crippen LogP contribution in [0, 0.1) is 0 Å². The largest absolute Gasteiger partial charge is 0.480 e. The highest BCUT2D eigenvalue weighted by molar-refractivity contribution is 5.87. The Morgan fingerprint density at radius 2 is 1.83 bits per heavy atom. The number of carbonyl (C=O) groups excluding carboxylic acids is 1. The van der Waals surface area contributed by atoms with Crippen molar-refractivity contribution in [3.05, 3.63) is 60.1 Å². The molecule has 0 saturated heterocycles. The Hall–Kier alpha value is -2.56. The van der Waals surface area contributed by atoms with Gasteiger partial charge in [0, 0.05) is 6.42 Å². The van der Waals surface area contributed by atoms with E-state index in [1.165, 1.54) is 0 Å². The Morgan fingerprint density at radius 1 is 1.12 bits per heavy atom. The maximum absolute atomic E-state index is 12.6. The summed E-state index contributed by atoms with van der Waals surface area (Å²) in [5.41, 5.74) is -0.139. The predicted octanol–water partition coefficient (Wildman–Crippen LogP) is 3.32. The number of benzene rings is 1. The van der Waals surface area contributed by atoms with Gasteiger partial charge in [0.15, 0.2) is 0 Å². The molecule has 1 amide bonds. The first kappa shape index (κ1) is 16.3. The molecule has 1 unspecified atom stereocenters. The third-order valence-electron chi connectivity index (χ3n) is 4.72. The van der Waals surface area contributed by atoms with E-state index in [9.17, 15) is 14.7 Å². The molecule has 1 fully saturated rings. The van der Waals surface area contributed by atoms with E-state index in [1.54, 1.807) is 12.3 Å². The van der Waals surface area contributed by atoms with Gasteiger partial charge in [0.25, 0.3) is 0 Å². The Kier molecular flexibility index (Phi) is 4.69. The van der Waals surface area contributed by atoms with Gasteiger partial charge in [-0.3, -0.25) is 4.79 Å². The summed E-state index contributed by atoms with van der Waals surface area (Å²) in [4.78, 5) is 24.2. The minimum atomic E-state index is -1.11. The SMILES string of the molecule is O=C(CC(c1ccccc1)c1ccco1)NC1(C(=O)O)CCCC1. The predicted molar refractivity (Wildman–Crippen MR) is 88.6 cm³/mol. The van der Waals surface area contributed by atoms with Gasteiger partial charge in [-0.05, 0) is 30.5 Å². The van der Waals surface area contributed by atoms with Crippen molar-refractivity contribution in [3.8, 4) is 0 Å². The molecule has 126 valence electrons. The standard InChI is InChI=1S/C19H21NO4/c21-17(20-19(18(22)23)10-4-5-11-19)13-15(16-9-6-12-24-16)14-7-2-1-3-8-14/h1-3,6-9,12,15H,4-5,10-11,13H2,(H,20,21)(H,22,23). The molecule has 1 aliphatic carbocycles. The van der Waals surface area contributed by atoms with Crippen molar-refractivity contribution in [3.63, 3.8) is 0 Å². The van der Waals surface area contributed by atoms with E-state index in [0.29, 0.717) is 18.6 Å². The second-order valence-corrected chi connectivity index (χ2v) is 6.33. The lowest BCUT2D eigenvalue weighted by Crippen LogP contribution is -2.52. The molecule has 2 aromatic rings. The Balaban J connectivity index is 1.78. The zero-order chi connectivity index (χ0) is 17.0. The number of rotatable bonds is 6. The molecule has 1 heterocycles. The van der Waals surface area contributed by atoms with Crippen molar-refractivity contribution < 1.29 is 19.1 Å². The monoisotopic (exact) mass is 327 g/mol. The molecule has 2 N–H and O–H groups in total. The maximum atomic E-state index is 12.6. The summed E-state index contributed by atoms with van der Waals surface area (Å²) in [6.07, 6.45) is 4.38. The third-order valence-corrected chi connectivity index (χ3v) is 4.72. The van der Waals surface area contributed by atoms with Crippen LogP contribution in [0.1, 0.15) is 49.3 Å². The summed E-state index contributed by atoms with van der Waals surface area (Å²) < 4.78 is 5.50. The van der Waals surface area contributed by atoms with Crippen LogP contribution < -0.4 is 5.32 Å². The number of carbonyl (C=O) groups is 2. The average molecular weight is 327 g/mol. The van der Waals surface area contributed by atoms with Crippen LogP contribution in [0.5, 0.6) is 0 Å². The van der Waals surface area contributed by atoms with Crippen LogP contribution in [0.4, 0.5) is 0 Å². The van der Waals surface area contributed by atoms with Gasteiger partial charge in [-0.25, -0.2) is 4.79 Å². The fourth-order valence-corrected chi connectivity index (χ4v) is 3.43. The summed E-state index contributed by atoms with van der Waals surface area (Å²) in [5.74, 6) is -0.729. The van der Waals surface area contributed by atoms with Gasteiger partial charge < -0.3 is 14.8 Å². The molecule has 5 heteroatoms. The third kappa shape index (κ3) is 3.35. The minimum Gasteiger partial charge on any atom is -0.480 e. The molecule has 5 nitrogen and oxygen atoms in total. The Morgan fingerprint density at radius 3 is 2.42 bits per heavy atom. The zero-order valence-electron chi connectivity index (χ0n) is 13.4. The summed E-state index contributed by atoms with van der Waals surface area (Å²) in [6, 6.07) is 13.3. The van der Waals surface area contributed by atoms with Gasteiger partial charge in [0.05, 0.1) is 12.2 Å². The molecule has 0 spiro atoms. The first-order valence-electron chi connectivity index (χ1n) is 8.23. The number of hydrogen-bond donors (Lipinski definition) is 2. The van der Waals surface area contributed by atoms with Crippen LogP contribution in [0.25, 0.3) is 0 Å². The van der Waals surface area contributed by atoms with E-state index in [-0.39, 0.29) is 18.2 Å². The van der Waals surface area contributed by atoms with Crippen LogP contribution in [0.2, 0.25) is 0 Å². The molecule has 0 bridgehead atoms. The van der Waals surface area contributed by atoms with Crippen molar-refractivity contribution in [2.75, 3.05) is 0 Å². The molecule has 24 heavy (non-hydrogen) atoms. The summed E-state index contributed by atoms with van der Waals surface area (Å²) in [7, 11) is 0. The lowest BCUT2D eigenvalue weighted by atomic mass is 9.91. The first-order valence-corrected chi connectivity index (χ1v) is 8.23. The van der Waals surface area contributed by atoms with Gasteiger partial charge in [-0.1, -0.05) is 43.2 Å². The smallest absolute Gasteiger partial charge is 0.329 e. The zero-order valence-corrected chi connectivity index (χ0v) is 13.4. The number of hydrogen-bond acceptors (Lipinski definition) is 3. The van der Waals surface area contributed by atoms with Crippen LogP contribution in [0.3, 0.4) is 0 Å². The minimum absolute atomic E-state index is 0.159. The fourth-order valence-electron chi connectivity index (χ4n) is 3.43. The molecule has 0 radical (unpaired) electrons. The van der Waals surface area contributed by atoms with E-state index in [2.05, 4.69) is 5.32 Å². The maximum Gasteiger partial charge on any atom is 0.329 e. The fraction of sp³-hybridized carbons (Fsp3) is 0.368. The second kappa shape index (κ2) is 6.91.